The first-order chi connectivity index (χ1) is 5.17. The van der Waals surface area contributed by atoms with E-state index in [1.165, 1.54) is 6.07 Å². The topological polar surface area (TPSA) is 0 Å². The lowest BCUT2D eigenvalue weighted by atomic mass is 10.2. The molecule has 1 heterocycles. The van der Waals surface area contributed by atoms with Crippen molar-refractivity contribution in [3.8, 4) is 0 Å². The van der Waals surface area contributed by atoms with E-state index in [1.54, 1.807) is 18.4 Å². The minimum absolute atomic E-state index is 0.0481. The van der Waals surface area contributed by atoms with Crippen molar-refractivity contribution in [3.05, 3.63) is 22.4 Å². The van der Waals surface area contributed by atoms with Gasteiger partial charge in [-0.25, -0.2) is 8.78 Å². The van der Waals surface area contributed by atoms with E-state index in [4.69, 9.17) is 0 Å². The Balaban J connectivity index is 2.73. The van der Waals surface area contributed by atoms with Crippen molar-refractivity contribution in [1.29, 1.82) is 0 Å². The third-order valence-corrected chi connectivity index (χ3v) is 2.43. The van der Waals surface area contributed by atoms with Crippen LogP contribution < -0.4 is 0 Å². The summed E-state index contributed by atoms with van der Waals surface area (Å²) in [4.78, 5) is 0.180. The van der Waals surface area contributed by atoms with Gasteiger partial charge in [0.05, 0.1) is 4.88 Å². The summed E-state index contributed by atoms with van der Waals surface area (Å²) in [6.45, 7) is 1.77. The number of alkyl halides is 2. The monoisotopic (exact) mass is 176 g/mol. The second kappa shape index (κ2) is 3.30. The average Bonchev–Trinajstić information content (AvgIpc) is 2.37. The van der Waals surface area contributed by atoms with E-state index in [9.17, 15) is 8.78 Å². The molecule has 1 aromatic rings. The maximum absolute atomic E-state index is 13.0. The molecular weight excluding hydrogens is 166 g/mol. The SMILES string of the molecule is CCCC(F)(F)c1cccs1. The van der Waals surface area contributed by atoms with Crippen LogP contribution in [-0.4, -0.2) is 0 Å². The molecule has 0 aliphatic carbocycles. The number of hydrogen-bond acceptors (Lipinski definition) is 1. The standard InChI is InChI=1S/C8H10F2S/c1-2-5-8(9,10)7-4-3-6-11-7/h3-4,6H,2,5H2,1H3. The van der Waals surface area contributed by atoms with Gasteiger partial charge in [0.25, 0.3) is 5.92 Å². The Morgan fingerprint density at radius 2 is 2.27 bits per heavy atom. The van der Waals surface area contributed by atoms with Crippen LogP contribution in [0.1, 0.15) is 24.6 Å². The molecule has 0 spiro atoms. The van der Waals surface area contributed by atoms with Crippen molar-refractivity contribution in [2.24, 2.45) is 0 Å². The fourth-order valence-corrected chi connectivity index (χ4v) is 1.66. The molecule has 0 atom stereocenters. The lowest BCUT2D eigenvalue weighted by Crippen LogP contribution is -2.09. The van der Waals surface area contributed by atoms with Gasteiger partial charge in [-0.1, -0.05) is 19.4 Å². The van der Waals surface area contributed by atoms with E-state index < -0.39 is 5.92 Å². The predicted molar refractivity (Wildman–Crippen MR) is 43.1 cm³/mol. The van der Waals surface area contributed by atoms with Gasteiger partial charge in [0, 0.05) is 6.42 Å². The molecule has 0 amide bonds. The molecule has 0 aliphatic heterocycles. The fourth-order valence-electron chi connectivity index (χ4n) is 0.924. The van der Waals surface area contributed by atoms with Crippen LogP contribution in [0.5, 0.6) is 0 Å². The largest absolute Gasteiger partial charge is 0.282 e. The van der Waals surface area contributed by atoms with Gasteiger partial charge in [-0.3, -0.25) is 0 Å². The first-order valence-electron chi connectivity index (χ1n) is 3.58. The summed E-state index contributed by atoms with van der Waals surface area (Å²) >= 11 is 1.12. The van der Waals surface area contributed by atoms with E-state index >= 15 is 0 Å². The van der Waals surface area contributed by atoms with Crippen LogP contribution in [0, 0.1) is 0 Å². The van der Waals surface area contributed by atoms with Crippen LogP contribution in [0.2, 0.25) is 0 Å². The van der Waals surface area contributed by atoms with Crippen molar-refractivity contribution < 1.29 is 8.78 Å². The van der Waals surface area contributed by atoms with E-state index in [1.807, 2.05) is 0 Å². The third-order valence-electron chi connectivity index (χ3n) is 1.45. The summed E-state index contributed by atoms with van der Waals surface area (Å²) in [6, 6.07) is 3.14. The van der Waals surface area contributed by atoms with Gasteiger partial charge in [0.15, 0.2) is 0 Å². The van der Waals surface area contributed by atoms with Gasteiger partial charge >= 0.3 is 0 Å². The highest BCUT2D eigenvalue weighted by Gasteiger charge is 2.30. The quantitative estimate of drug-likeness (QED) is 0.659. The maximum atomic E-state index is 13.0. The first kappa shape index (κ1) is 8.65. The minimum Gasteiger partial charge on any atom is -0.200 e. The Morgan fingerprint density at radius 1 is 1.55 bits per heavy atom. The molecule has 0 bridgehead atoms. The lowest BCUT2D eigenvalue weighted by molar-refractivity contribution is -0.0101. The van der Waals surface area contributed by atoms with Crippen molar-refractivity contribution in [2.75, 3.05) is 0 Å². The normalized spacial score (nSPS) is 11.9. The molecule has 11 heavy (non-hydrogen) atoms. The summed E-state index contributed by atoms with van der Waals surface area (Å²) in [5.74, 6) is -2.61. The van der Waals surface area contributed by atoms with E-state index in [2.05, 4.69) is 0 Å². The van der Waals surface area contributed by atoms with Crippen LogP contribution in [-0.2, 0) is 5.92 Å². The molecule has 0 aliphatic rings. The zero-order valence-corrected chi connectivity index (χ0v) is 7.13. The smallest absolute Gasteiger partial charge is 0.200 e. The summed E-state index contributed by atoms with van der Waals surface area (Å²) in [5, 5.41) is 1.68. The van der Waals surface area contributed by atoms with Crippen LogP contribution in [0.25, 0.3) is 0 Å². The molecule has 0 saturated heterocycles. The molecule has 0 nitrogen and oxygen atoms in total. The van der Waals surface area contributed by atoms with Crippen LogP contribution in [0.15, 0.2) is 17.5 Å². The molecule has 62 valence electrons. The number of rotatable bonds is 3. The highest BCUT2D eigenvalue weighted by Crippen LogP contribution is 2.35. The van der Waals surface area contributed by atoms with Crippen LogP contribution in [0.3, 0.4) is 0 Å². The van der Waals surface area contributed by atoms with Gasteiger partial charge in [0.1, 0.15) is 0 Å². The number of hydrogen-bond donors (Lipinski definition) is 0. The minimum atomic E-state index is -2.61. The molecule has 0 unspecified atom stereocenters. The summed E-state index contributed by atoms with van der Waals surface area (Å²) in [5.41, 5.74) is 0. The highest BCUT2D eigenvalue weighted by atomic mass is 32.1. The molecule has 0 fully saturated rings. The second-order valence-corrected chi connectivity index (χ2v) is 3.38. The van der Waals surface area contributed by atoms with Gasteiger partial charge < -0.3 is 0 Å². The molecule has 0 aromatic carbocycles. The average molecular weight is 176 g/mol. The highest BCUT2D eigenvalue weighted by molar-refractivity contribution is 7.10. The predicted octanol–water partition coefficient (Wildman–Crippen LogP) is 3.64. The van der Waals surface area contributed by atoms with E-state index in [0.29, 0.717) is 6.42 Å². The zero-order chi connectivity index (χ0) is 8.32. The van der Waals surface area contributed by atoms with Gasteiger partial charge in [-0.05, 0) is 11.4 Å². The third kappa shape index (κ3) is 1.99. The van der Waals surface area contributed by atoms with Gasteiger partial charge in [-0.15, -0.1) is 11.3 Å². The summed E-state index contributed by atoms with van der Waals surface area (Å²) < 4.78 is 26.0. The maximum Gasteiger partial charge on any atom is 0.282 e. The molecule has 0 N–H and O–H groups in total. The number of halogens is 2. The molecule has 3 heteroatoms. The molecule has 1 aromatic heterocycles. The number of thiophene rings is 1. The zero-order valence-electron chi connectivity index (χ0n) is 6.31. The Hall–Kier alpha value is -0.440. The van der Waals surface area contributed by atoms with Crippen LogP contribution >= 0.6 is 11.3 Å². The fraction of sp³-hybridized carbons (Fsp3) is 0.500. The Bertz CT molecular complexity index is 204. The van der Waals surface area contributed by atoms with Gasteiger partial charge in [-0.2, -0.15) is 0 Å². The molecule has 0 saturated carbocycles. The Labute approximate surface area is 68.9 Å². The second-order valence-electron chi connectivity index (χ2n) is 2.43. The first-order valence-corrected chi connectivity index (χ1v) is 4.46. The van der Waals surface area contributed by atoms with E-state index in [0.717, 1.165) is 11.3 Å². The van der Waals surface area contributed by atoms with E-state index in [-0.39, 0.29) is 11.3 Å². The van der Waals surface area contributed by atoms with Crippen molar-refractivity contribution >= 4 is 11.3 Å². The van der Waals surface area contributed by atoms with Crippen LogP contribution in [0.4, 0.5) is 8.78 Å². The van der Waals surface area contributed by atoms with Crippen molar-refractivity contribution in [3.63, 3.8) is 0 Å². The molecule has 0 radical (unpaired) electrons. The van der Waals surface area contributed by atoms with Crippen molar-refractivity contribution in [2.45, 2.75) is 25.7 Å². The Morgan fingerprint density at radius 3 is 2.73 bits per heavy atom. The summed E-state index contributed by atoms with van der Waals surface area (Å²) in [6.07, 6.45) is 0.471. The van der Waals surface area contributed by atoms with Gasteiger partial charge in [0.2, 0.25) is 0 Å². The van der Waals surface area contributed by atoms with Crippen molar-refractivity contribution in [1.82, 2.24) is 0 Å². The lowest BCUT2D eigenvalue weighted by Gasteiger charge is -2.12. The molecular formula is C8H10F2S. The molecule has 1 rings (SSSR count). The Kier molecular flexibility index (Phi) is 2.60. The summed E-state index contributed by atoms with van der Waals surface area (Å²) in [7, 11) is 0.